The molecule has 4 aromatic rings. The maximum absolute atomic E-state index is 14.9. The third-order valence-electron chi connectivity index (χ3n) is 8.16. The summed E-state index contributed by atoms with van der Waals surface area (Å²) in [5, 5.41) is 5.32. The number of hydrogen-bond donors (Lipinski definition) is 2. The van der Waals surface area contributed by atoms with Crippen LogP contribution in [-0.4, -0.2) is 69.7 Å². The van der Waals surface area contributed by atoms with Gasteiger partial charge in [-0.25, -0.2) is 16.8 Å². The molecule has 0 amide bonds. The first kappa shape index (κ1) is 31.2. The van der Waals surface area contributed by atoms with E-state index >= 15 is 0 Å². The van der Waals surface area contributed by atoms with E-state index < -0.39 is 48.9 Å². The molecule has 3 aromatic carbocycles. The molecule has 1 saturated heterocycles. The monoisotopic (exact) mass is 689 g/mol. The number of fused-ring (bicyclic) bond motifs is 1. The van der Waals surface area contributed by atoms with Gasteiger partial charge in [0, 0.05) is 32.0 Å². The zero-order chi connectivity index (χ0) is 32.4. The summed E-state index contributed by atoms with van der Waals surface area (Å²) in [6.07, 6.45) is 3.13. The van der Waals surface area contributed by atoms with Gasteiger partial charge in [-0.2, -0.15) is 0 Å². The second-order valence-electron chi connectivity index (χ2n) is 11.0. The number of hydrogen-bond acceptors (Lipinski definition) is 11. The van der Waals surface area contributed by atoms with Crippen LogP contribution in [0.25, 0.3) is 0 Å². The van der Waals surface area contributed by atoms with Gasteiger partial charge in [-0.3, -0.25) is 14.2 Å². The van der Waals surface area contributed by atoms with Crippen LogP contribution in [0.1, 0.15) is 11.5 Å². The summed E-state index contributed by atoms with van der Waals surface area (Å²) >= 11 is -4.41. The molecule has 3 aliphatic rings. The molecular formula is C33H31N5O6S3. The molecule has 4 heterocycles. The molecule has 2 N–H and O–H groups in total. The molecule has 1 aromatic heterocycles. The lowest BCUT2D eigenvalue weighted by Gasteiger charge is -2.51. The summed E-state index contributed by atoms with van der Waals surface area (Å²) in [5.41, 5.74) is -1.52. The van der Waals surface area contributed by atoms with Gasteiger partial charge in [-0.15, -0.1) is 0 Å². The summed E-state index contributed by atoms with van der Waals surface area (Å²) in [7, 11) is -4.28. The van der Waals surface area contributed by atoms with Crippen LogP contribution in [0.2, 0.25) is 0 Å². The van der Waals surface area contributed by atoms with Crippen molar-refractivity contribution in [3.8, 4) is 5.75 Å². The molecule has 3 aliphatic heterocycles. The van der Waals surface area contributed by atoms with E-state index in [2.05, 4.69) is 15.6 Å². The van der Waals surface area contributed by atoms with E-state index in [4.69, 9.17) is 13.4 Å². The van der Waals surface area contributed by atoms with Crippen LogP contribution >= 0.6 is 0 Å². The van der Waals surface area contributed by atoms with Gasteiger partial charge < -0.3 is 19.7 Å². The third-order valence-corrected chi connectivity index (χ3v) is 12.5. The van der Waals surface area contributed by atoms with Gasteiger partial charge in [0.25, 0.3) is 0 Å². The second kappa shape index (κ2) is 13.0. The molecular weight excluding hydrogens is 659 g/mol. The maximum atomic E-state index is 14.9. The molecule has 0 aliphatic carbocycles. The zero-order valence-electron chi connectivity index (χ0n) is 25.0. The highest BCUT2D eigenvalue weighted by Gasteiger charge is 2.66. The smallest absolute Gasteiger partial charge is 0.233 e. The van der Waals surface area contributed by atoms with Crippen LogP contribution in [0.3, 0.4) is 0 Å². The highest BCUT2D eigenvalue weighted by Crippen LogP contribution is 2.53. The fraction of sp³-hybridized carbons (Fsp3) is 0.212. The number of benzene rings is 3. The second-order valence-corrected chi connectivity index (χ2v) is 15.1. The number of aliphatic imine (C=N–C) groups is 1. The van der Waals surface area contributed by atoms with Crippen molar-refractivity contribution in [2.75, 3.05) is 26.2 Å². The van der Waals surface area contributed by atoms with Crippen molar-refractivity contribution in [2.45, 2.75) is 26.7 Å². The third kappa shape index (κ3) is 5.64. The fourth-order valence-electron chi connectivity index (χ4n) is 6.24. The van der Waals surface area contributed by atoms with Crippen molar-refractivity contribution in [3.63, 3.8) is 0 Å². The molecule has 1 fully saturated rings. The van der Waals surface area contributed by atoms with Crippen molar-refractivity contribution in [1.82, 2.24) is 20.5 Å². The summed E-state index contributed by atoms with van der Waals surface area (Å²) in [6, 6.07) is 28.8. The normalized spacial score (nSPS) is 23.7. The number of rotatable bonds is 10. The Bertz CT molecular complexity index is 1970. The number of pyridine rings is 1. The highest BCUT2D eigenvalue weighted by atomic mass is 32.2. The Balaban J connectivity index is 1.55. The van der Waals surface area contributed by atoms with E-state index in [0.717, 1.165) is 0 Å². The largest absolute Gasteiger partial charge is 0.399 e. The van der Waals surface area contributed by atoms with Gasteiger partial charge >= 0.3 is 0 Å². The minimum absolute atomic E-state index is 0.0383. The van der Waals surface area contributed by atoms with Crippen molar-refractivity contribution in [1.29, 1.82) is 0 Å². The van der Waals surface area contributed by atoms with Crippen LogP contribution in [0.5, 0.6) is 5.75 Å². The zero-order valence-corrected chi connectivity index (χ0v) is 27.4. The van der Waals surface area contributed by atoms with Gasteiger partial charge in [0.05, 0.1) is 22.3 Å². The lowest BCUT2D eigenvalue weighted by molar-refractivity contribution is 0.0665. The first-order valence-corrected chi connectivity index (χ1v) is 18.6. The molecule has 0 radical (unpaired) electrons. The Morgan fingerprint density at radius 3 is 2.21 bits per heavy atom. The number of nitrogens with zero attached hydrogens (tertiary/aromatic N) is 3. The van der Waals surface area contributed by atoms with E-state index in [-0.39, 0.29) is 28.0 Å². The van der Waals surface area contributed by atoms with Gasteiger partial charge in [-0.05, 0) is 48.0 Å². The van der Waals surface area contributed by atoms with Gasteiger partial charge in [-0.1, -0.05) is 60.7 Å². The predicted molar refractivity (Wildman–Crippen MR) is 178 cm³/mol. The molecule has 0 saturated carbocycles. The Hall–Kier alpha value is -4.37. The Morgan fingerprint density at radius 1 is 0.851 bits per heavy atom. The first-order chi connectivity index (χ1) is 22.9. The molecule has 14 heteroatoms. The number of amidine groups is 1. The number of sulfone groups is 1. The highest BCUT2D eigenvalue weighted by molar-refractivity contribution is 7.95. The average Bonchev–Trinajstić information content (AvgIpc) is 3.83. The molecule has 0 spiro atoms. The summed E-state index contributed by atoms with van der Waals surface area (Å²) in [5.74, 6) is -0.412. The topological polar surface area (TPSA) is 139 Å². The minimum Gasteiger partial charge on any atom is -0.399 e. The molecule has 0 unspecified atom stereocenters. The summed E-state index contributed by atoms with van der Waals surface area (Å²) in [6.45, 7) is 1.35. The van der Waals surface area contributed by atoms with Crippen molar-refractivity contribution >= 4 is 37.8 Å². The summed E-state index contributed by atoms with van der Waals surface area (Å²) in [4.78, 5) is 11.2. The molecule has 242 valence electrons. The van der Waals surface area contributed by atoms with Gasteiger partial charge in [0.15, 0.2) is 22.1 Å². The molecule has 7 rings (SSSR count). The number of aromatic nitrogens is 1. The standard InChI is InChI=1S/C33H31N5O6S3/c39-45(26-14-6-2-7-15-26)44-33(31-36-19-20-37-31)28(24-11-10-18-34-23-24)29(47(41,42)27-16-8-3-9-17-27)30-35-21-22-38(30)32(33)46(40)43-25-12-4-1-5-13-25/h1-18,23,28,32,35H,19-22H2,(H,36,37)/t28-,32+,33+,45-,46+/m1/s1. The van der Waals surface area contributed by atoms with Crippen molar-refractivity contribution < 1.29 is 25.2 Å². The van der Waals surface area contributed by atoms with Crippen LogP contribution < -0.4 is 14.8 Å². The lowest BCUT2D eigenvalue weighted by Crippen LogP contribution is -2.69. The summed E-state index contributed by atoms with van der Waals surface area (Å²) < 4.78 is 71.8. The molecule has 47 heavy (non-hydrogen) atoms. The minimum atomic E-state index is -4.28. The first-order valence-electron chi connectivity index (χ1n) is 14.9. The Morgan fingerprint density at radius 2 is 1.55 bits per heavy atom. The van der Waals surface area contributed by atoms with Crippen LogP contribution in [0.15, 0.2) is 141 Å². The number of nitrogens with one attached hydrogen (secondary N) is 2. The average molecular weight is 690 g/mol. The van der Waals surface area contributed by atoms with E-state index in [1.54, 1.807) is 102 Å². The Kier molecular flexibility index (Phi) is 8.66. The Labute approximate surface area is 278 Å². The molecule has 11 nitrogen and oxygen atoms in total. The van der Waals surface area contributed by atoms with E-state index in [1.165, 1.54) is 12.1 Å². The van der Waals surface area contributed by atoms with Gasteiger partial charge in [0.2, 0.25) is 20.9 Å². The quantitative estimate of drug-likeness (QED) is 0.255. The van der Waals surface area contributed by atoms with E-state index in [0.29, 0.717) is 35.8 Å². The van der Waals surface area contributed by atoms with E-state index in [9.17, 15) is 16.8 Å². The SMILES string of the molecule is O=[S@](O[C@]1(C2=NCCN2)[C@H](c2cccnc2)C(S(=O)(=O)c2ccccc2)=C2NCCN2[C@H]1[S@@](=O)Oc1ccccc1)c1ccccc1. The van der Waals surface area contributed by atoms with Crippen molar-refractivity contribution in [3.05, 3.63) is 132 Å². The van der Waals surface area contributed by atoms with Crippen LogP contribution in [0, 0.1) is 0 Å². The lowest BCUT2D eigenvalue weighted by atomic mass is 9.78. The predicted octanol–water partition coefficient (Wildman–Crippen LogP) is 3.28. The van der Waals surface area contributed by atoms with Crippen LogP contribution in [0.4, 0.5) is 0 Å². The van der Waals surface area contributed by atoms with E-state index in [1.807, 2.05) is 6.07 Å². The molecule has 0 bridgehead atoms. The molecule has 5 atom stereocenters. The fourth-order valence-corrected chi connectivity index (χ4v) is 10.5. The van der Waals surface area contributed by atoms with Crippen LogP contribution in [-0.2, 0) is 36.2 Å². The number of para-hydroxylation sites is 1. The van der Waals surface area contributed by atoms with Crippen molar-refractivity contribution in [2.24, 2.45) is 4.99 Å². The van der Waals surface area contributed by atoms with Gasteiger partial charge in [0.1, 0.15) is 22.3 Å². The maximum Gasteiger partial charge on any atom is 0.233 e.